The van der Waals surface area contributed by atoms with Crippen LogP contribution in [0.15, 0.2) is 42.5 Å². The molecule has 1 aliphatic rings. The number of rotatable bonds is 3. The number of nitrogens with zero attached hydrogens (tertiary/aromatic N) is 1. The van der Waals surface area contributed by atoms with Crippen molar-refractivity contribution >= 4 is 17.6 Å². The summed E-state index contributed by atoms with van der Waals surface area (Å²) in [4.78, 5) is 24.8. The van der Waals surface area contributed by atoms with Crippen molar-refractivity contribution in [2.75, 3.05) is 4.90 Å². The van der Waals surface area contributed by atoms with Crippen molar-refractivity contribution in [3.63, 3.8) is 0 Å². The zero-order valence-corrected chi connectivity index (χ0v) is 12.3. The number of hydrogen-bond donors (Lipinski definition) is 1. The molecule has 1 heterocycles. The average Bonchev–Trinajstić information content (AvgIpc) is 2.53. The summed E-state index contributed by atoms with van der Waals surface area (Å²) in [7, 11) is 0. The standard InChI is InChI=1S/C17H14FNO4/c1-10-16(20)19(14-8-13(18)5-6-15(14)23-10)9-11-3-2-4-12(7-11)17(21)22/h2-8,10H,9H2,1H3,(H,21,22). The highest BCUT2D eigenvalue weighted by atomic mass is 19.1. The monoisotopic (exact) mass is 315 g/mol. The van der Waals surface area contributed by atoms with E-state index in [1.807, 2.05) is 0 Å². The molecule has 1 atom stereocenters. The highest BCUT2D eigenvalue weighted by Crippen LogP contribution is 2.35. The Hall–Kier alpha value is -2.89. The average molecular weight is 315 g/mol. The molecule has 1 unspecified atom stereocenters. The first kappa shape index (κ1) is 15.0. The Morgan fingerprint density at radius 1 is 1.30 bits per heavy atom. The van der Waals surface area contributed by atoms with E-state index in [0.717, 1.165) is 0 Å². The topological polar surface area (TPSA) is 66.8 Å². The van der Waals surface area contributed by atoms with Gasteiger partial charge in [0.2, 0.25) is 0 Å². The number of halogens is 1. The van der Waals surface area contributed by atoms with E-state index in [9.17, 15) is 14.0 Å². The van der Waals surface area contributed by atoms with Crippen LogP contribution in [0.2, 0.25) is 0 Å². The van der Waals surface area contributed by atoms with Gasteiger partial charge in [0, 0.05) is 6.07 Å². The fourth-order valence-electron chi connectivity index (χ4n) is 2.53. The Bertz CT molecular complexity index is 790. The van der Waals surface area contributed by atoms with E-state index in [1.54, 1.807) is 19.1 Å². The number of carboxylic acid groups (broad SMARTS) is 1. The Morgan fingerprint density at radius 2 is 2.09 bits per heavy atom. The molecule has 0 saturated carbocycles. The van der Waals surface area contributed by atoms with Gasteiger partial charge < -0.3 is 14.7 Å². The zero-order valence-electron chi connectivity index (χ0n) is 12.3. The van der Waals surface area contributed by atoms with Gasteiger partial charge in [0.05, 0.1) is 17.8 Å². The molecule has 0 aromatic heterocycles. The lowest BCUT2D eigenvalue weighted by molar-refractivity contribution is -0.125. The van der Waals surface area contributed by atoms with Gasteiger partial charge in [-0.15, -0.1) is 0 Å². The Kier molecular flexibility index (Phi) is 3.73. The predicted molar refractivity (Wildman–Crippen MR) is 81.1 cm³/mol. The maximum Gasteiger partial charge on any atom is 0.335 e. The molecule has 0 bridgehead atoms. The lowest BCUT2D eigenvalue weighted by Crippen LogP contribution is -2.44. The summed E-state index contributed by atoms with van der Waals surface area (Å²) < 4.78 is 19.0. The van der Waals surface area contributed by atoms with Gasteiger partial charge >= 0.3 is 5.97 Å². The predicted octanol–water partition coefficient (Wildman–Crippen LogP) is 2.84. The van der Waals surface area contributed by atoms with Crippen molar-refractivity contribution in [3.8, 4) is 5.75 Å². The molecule has 0 radical (unpaired) electrons. The van der Waals surface area contributed by atoms with Crippen LogP contribution in [0.25, 0.3) is 0 Å². The number of fused-ring (bicyclic) bond motifs is 1. The summed E-state index contributed by atoms with van der Waals surface area (Å²) in [5.74, 6) is -1.39. The molecule has 118 valence electrons. The van der Waals surface area contributed by atoms with Gasteiger partial charge in [0.1, 0.15) is 11.6 Å². The SMILES string of the molecule is CC1Oc2ccc(F)cc2N(Cc2cccc(C(=O)O)c2)C1=O. The zero-order chi connectivity index (χ0) is 16.6. The second-order valence-electron chi connectivity index (χ2n) is 5.30. The van der Waals surface area contributed by atoms with Crippen molar-refractivity contribution in [1.82, 2.24) is 0 Å². The third-order valence-electron chi connectivity index (χ3n) is 3.64. The molecule has 5 nitrogen and oxygen atoms in total. The molecular weight excluding hydrogens is 301 g/mol. The second kappa shape index (κ2) is 5.72. The van der Waals surface area contributed by atoms with Crippen LogP contribution in [-0.4, -0.2) is 23.1 Å². The minimum atomic E-state index is -1.04. The van der Waals surface area contributed by atoms with Crippen LogP contribution in [0, 0.1) is 5.82 Å². The van der Waals surface area contributed by atoms with Crippen LogP contribution in [0.4, 0.5) is 10.1 Å². The molecular formula is C17H14FNO4. The van der Waals surface area contributed by atoms with Gasteiger partial charge in [-0.1, -0.05) is 12.1 Å². The number of carboxylic acids is 1. The quantitative estimate of drug-likeness (QED) is 0.946. The van der Waals surface area contributed by atoms with Gasteiger partial charge in [-0.05, 0) is 36.8 Å². The Labute approximate surface area is 131 Å². The molecule has 1 amide bonds. The van der Waals surface area contributed by atoms with Gasteiger partial charge in [0.15, 0.2) is 6.10 Å². The number of carbonyl (C=O) groups is 2. The van der Waals surface area contributed by atoms with E-state index >= 15 is 0 Å². The number of amides is 1. The third-order valence-corrected chi connectivity index (χ3v) is 3.64. The van der Waals surface area contributed by atoms with Crippen molar-refractivity contribution in [2.45, 2.75) is 19.6 Å². The number of hydrogen-bond acceptors (Lipinski definition) is 3. The lowest BCUT2D eigenvalue weighted by atomic mass is 10.1. The van der Waals surface area contributed by atoms with Crippen LogP contribution in [0.3, 0.4) is 0 Å². The maximum absolute atomic E-state index is 13.5. The molecule has 6 heteroatoms. The summed E-state index contributed by atoms with van der Waals surface area (Å²) >= 11 is 0. The van der Waals surface area contributed by atoms with Gasteiger partial charge in [-0.3, -0.25) is 4.79 Å². The summed E-state index contributed by atoms with van der Waals surface area (Å²) in [6.07, 6.45) is -0.685. The van der Waals surface area contributed by atoms with Crippen LogP contribution >= 0.6 is 0 Å². The smallest absolute Gasteiger partial charge is 0.335 e. The first-order valence-corrected chi connectivity index (χ1v) is 7.05. The number of benzene rings is 2. The summed E-state index contributed by atoms with van der Waals surface area (Å²) in [6.45, 7) is 1.76. The van der Waals surface area contributed by atoms with E-state index in [0.29, 0.717) is 17.0 Å². The largest absolute Gasteiger partial charge is 0.479 e. The first-order chi connectivity index (χ1) is 11.0. The van der Waals surface area contributed by atoms with Gasteiger partial charge in [-0.25, -0.2) is 9.18 Å². The fourth-order valence-corrected chi connectivity index (χ4v) is 2.53. The molecule has 2 aromatic carbocycles. The third kappa shape index (κ3) is 2.88. The molecule has 0 fully saturated rings. The number of carbonyl (C=O) groups excluding carboxylic acids is 1. The van der Waals surface area contributed by atoms with Gasteiger partial charge in [0.25, 0.3) is 5.91 Å². The number of aromatic carboxylic acids is 1. The highest BCUT2D eigenvalue weighted by Gasteiger charge is 2.31. The van der Waals surface area contributed by atoms with Gasteiger partial charge in [-0.2, -0.15) is 0 Å². The van der Waals surface area contributed by atoms with Crippen molar-refractivity contribution < 1.29 is 23.8 Å². The van der Waals surface area contributed by atoms with Crippen LogP contribution in [0.1, 0.15) is 22.8 Å². The molecule has 0 spiro atoms. The Balaban J connectivity index is 1.98. The number of anilines is 1. The minimum absolute atomic E-state index is 0.135. The maximum atomic E-state index is 13.5. The molecule has 3 rings (SSSR count). The number of ether oxygens (including phenoxy) is 1. The normalized spacial score (nSPS) is 16.7. The summed E-state index contributed by atoms with van der Waals surface area (Å²) in [6, 6.07) is 10.3. The van der Waals surface area contributed by atoms with Crippen molar-refractivity contribution in [2.24, 2.45) is 0 Å². The highest BCUT2D eigenvalue weighted by molar-refractivity contribution is 5.99. The van der Waals surface area contributed by atoms with Crippen molar-refractivity contribution in [1.29, 1.82) is 0 Å². The lowest BCUT2D eigenvalue weighted by Gasteiger charge is -2.33. The summed E-state index contributed by atoms with van der Waals surface area (Å²) in [5, 5.41) is 9.05. The second-order valence-corrected chi connectivity index (χ2v) is 5.30. The molecule has 0 saturated heterocycles. The van der Waals surface area contributed by atoms with Crippen LogP contribution < -0.4 is 9.64 Å². The Morgan fingerprint density at radius 3 is 2.83 bits per heavy atom. The molecule has 2 aromatic rings. The van der Waals surface area contributed by atoms with E-state index in [2.05, 4.69) is 0 Å². The first-order valence-electron chi connectivity index (χ1n) is 7.05. The van der Waals surface area contributed by atoms with Crippen LogP contribution in [0.5, 0.6) is 5.75 Å². The molecule has 1 aliphatic heterocycles. The van der Waals surface area contributed by atoms with E-state index in [1.165, 1.54) is 35.2 Å². The van der Waals surface area contributed by atoms with Crippen molar-refractivity contribution in [3.05, 3.63) is 59.4 Å². The molecule has 23 heavy (non-hydrogen) atoms. The van der Waals surface area contributed by atoms with E-state index in [-0.39, 0.29) is 18.0 Å². The fraction of sp³-hybridized carbons (Fsp3) is 0.176. The van der Waals surface area contributed by atoms with Crippen LogP contribution in [-0.2, 0) is 11.3 Å². The molecule has 0 aliphatic carbocycles. The van der Waals surface area contributed by atoms with E-state index < -0.39 is 17.9 Å². The summed E-state index contributed by atoms with van der Waals surface area (Å²) in [5.41, 5.74) is 1.12. The molecule has 1 N–H and O–H groups in total. The minimum Gasteiger partial charge on any atom is -0.479 e. The van der Waals surface area contributed by atoms with E-state index in [4.69, 9.17) is 9.84 Å².